The van der Waals surface area contributed by atoms with E-state index in [4.69, 9.17) is 10.5 Å². The molecule has 1 unspecified atom stereocenters. The summed E-state index contributed by atoms with van der Waals surface area (Å²) in [5, 5.41) is 0. The predicted molar refractivity (Wildman–Crippen MR) is 50.7 cm³/mol. The Hall–Kier alpha value is -1.16. The molecule has 0 fully saturated rings. The number of benzene rings is 1. The van der Waals surface area contributed by atoms with Gasteiger partial charge < -0.3 is 10.5 Å². The molecule has 0 amide bonds. The highest BCUT2D eigenvalue weighted by Gasteiger charge is 2.15. The highest BCUT2D eigenvalue weighted by atomic mass is 19.1. The second-order valence-electron chi connectivity index (χ2n) is 2.97. The van der Waals surface area contributed by atoms with Crippen molar-refractivity contribution in [2.24, 2.45) is 5.73 Å². The molecule has 1 aromatic carbocycles. The average molecular weight is 201 g/mol. The Morgan fingerprint density at radius 2 is 2.21 bits per heavy atom. The zero-order chi connectivity index (χ0) is 10.6. The zero-order valence-corrected chi connectivity index (χ0v) is 7.97. The van der Waals surface area contributed by atoms with Crippen LogP contribution < -0.4 is 10.5 Å². The smallest absolute Gasteiger partial charge is 0.123 e. The lowest BCUT2D eigenvalue weighted by molar-refractivity contribution is 0.386. The lowest BCUT2D eigenvalue weighted by Crippen LogP contribution is -2.15. The maximum Gasteiger partial charge on any atom is 0.123 e. The van der Waals surface area contributed by atoms with Crippen molar-refractivity contribution >= 4 is 0 Å². The predicted octanol–water partition coefficient (Wildman–Crippen LogP) is 1.85. The molecule has 0 saturated heterocycles. The summed E-state index contributed by atoms with van der Waals surface area (Å²) in [4.78, 5) is 0. The van der Waals surface area contributed by atoms with Gasteiger partial charge in [-0.05, 0) is 18.2 Å². The number of hydrogen-bond acceptors (Lipinski definition) is 2. The fourth-order valence-electron chi connectivity index (χ4n) is 1.30. The fourth-order valence-corrected chi connectivity index (χ4v) is 1.30. The third kappa shape index (κ3) is 2.20. The van der Waals surface area contributed by atoms with Gasteiger partial charge in [-0.2, -0.15) is 0 Å². The maximum atomic E-state index is 12.9. The maximum absolute atomic E-state index is 12.9. The van der Waals surface area contributed by atoms with Crippen LogP contribution in [0.15, 0.2) is 18.2 Å². The van der Waals surface area contributed by atoms with E-state index in [0.29, 0.717) is 11.3 Å². The minimum atomic E-state index is -0.615. The van der Waals surface area contributed by atoms with Gasteiger partial charge in [-0.1, -0.05) is 0 Å². The average Bonchev–Trinajstić information content (AvgIpc) is 2.20. The van der Waals surface area contributed by atoms with Crippen LogP contribution in [0.3, 0.4) is 0 Å². The van der Waals surface area contributed by atoms with Crippen LogP contribution in [-0.4, -0.2) is 20.3 Å². The second kappa shape index (κ2) is 4.91. The molecular formula is C10H13F2NO. The molecule has 0 bridgehead atoms. The molecule has 2 nitrogen and oxygen atoms in total. The van der Waals surface area contributed by atoms with Crippen LogP contribution in [0, 0.1) is 5.82 Å². The van der Waals surface area contributed by atoms with Crippen LogP contribution in [0.25, 0.3) is 0 Å². The van der Waals surface area contributed by atoms with Crippen LogP contribution >= 0.6 is 0 Å². The zero-order valence-electron chi connectivity index (χ0n) is 7.97. The van der Waals surface area contributed by atoms with E-state index in [9.17, 15) is 8.78 Å². The summed E-state index contributed by atoms with van der Waals surface area (Å²) >= 11 is 0. The Bertz CT molecular complexity index is 300. The Morgan fingerprint density at radius 1 is 1.50 bits per heavy atom. The largest absolute Gasteiger partial charge is 0.496 e. The van der Waals surface area contributed by atoms with Crippen molar-refractivity contribution < 1.29 is 13.5 Å². The van der Waals surface area contributed by atoms with E-state index >= 15 is 0 Å². The van der Waals surface area contributed by atoms with Gasteiger partial charge in [-0.15, -0.1) is 0 Å². The molecule has 78 valence electrons. The van der Waals surface area contributed by atoms with Crippen molar-refractivity contribution in [2.45, 2.75) is 5.92 Å². The van der Waals surface area contributed by atoms with Gasteiger partial charge in [0.25, 0.3) is 0 Å². The molecule has 2 N–H and O–H groups in total. The van der Waals surface area contributed by atoms with E-state index in [1.807, 2.05) is 0 Å². The molecule has 0 aliphatic carbocycles. The van der Waals surface area contributed by atoms with Gasteiger partial charge in [0.15, 0.2) is 0 Å². The quantitative estimate of drug-likeness (QED) is 0.806. The van der Waals surface area contributed by atoms with E-state index in [0.717, 1.165) is 0 Å². The molecule has 0 radical (unpaired) electrons. The van der Waals surface area contributed by atoms with Crippen LogP contribution in [-0.2, 0) is 0 Å². The van der Waals surface area contributed by atoms with E-state index < -0.39 is 18.4 Å². The molecule has 1 rings (SSSR count). The SMILES string of the molecule is COc1ccc(F)cc1C(CN)CF. The lowest BCUT2D eigenvalue weighted by Gasteiger charge is -2.14. The van der Waals surface area contributed by atoms with E-state index in [-0.39, 0.29) is 6.54 Å². The monoisotopic (exact) mass is 201 g/mol. The third-order valence-corrected chi connectivity index (χ3v) is 2.10. The van der Waals surface area contributed by atoms with E-state index in [1.54, 1.807) is 0 Å². The number of alkyl halides is 1. The standard InChI is InChI=1S/C10H13F2NO/c1-14-10-3-2-8(12)4-9(10)7(5-11)6-13/h2-4,7H,5-6,13H2,1H3. The summed E-state index contributed by atoms with van der Waals surface area (Å²) in [6.07, 6.45) is 0. The number of ether oxygens (including phenoxy) is 1. The van der Waals surface area contributed by atoms with Gasteiger partial charge in [-0.3, -0.25) is 4.39 Å². The topological polar surface area (TPSA) is 35.2 Å². The summed E-state index contributed by atoms with van der Waals surface area (Å²) < 4.78 is 30.4. The first-order valence-corrected chi connectivity index (χ1v) is 4.32. The number of halogens is 2. The molecule has 0 aliphatic rings. The number of methoxy groups -OCH3 is 1. The van der Waals surface area contributed by atoms with Gasteiger partial charge in [0.05, 0.1) is 13.8 Å². The molecule has 0 aromatic heterocycles. The Labute approximate surface area is 81.7 Å². The molecule has 4 heteroatoms. The summed E-state index contributed by atoms with van der Waals surface area (Å²) in [5.74, 6) is -0.437. The van der Waals surface area contributed by atoms with Crippen molar-refractivity contribution in [3.05, 3.63) is 29.6 Å². The molecule has 0 spiro atoms. The fraction of sp³-hybridized carbons (Fsp3) is 0.400. The van der Waals surface area contributed by atoms with Crippen molar-refractivity contribution in [1.29, 1.82) is 0 Å². The second-order valence-corrected chi connectivity index (χ2v) is 2.97. The first-order valence-electron chi connectivity index (χ1n) is 4.32. The van der Waals surface area contributed by atoms with Crippen molar-refractivity contribution in [1.82, 2.24) is 0 Å². The van der Waals surface area contributed by atoms with Crippen LogP contribution in [0.4, 0.5) is 8.78 Å². The van der Waals surface area contributed by atoms with Gasteiger partial charge in [-0.25, -0.2) is 4.39 Å². The van der Waals surface area contributed by atoms with Crippen molar-refractivity contribution in [3.63, 3.8) is 0 Å². The van der Waals surface area contributed by atoms with Gasteiger partial charge in [0.2, 0.25) is 0 Å². The van der Waals surface area contributed by atoms with Crippen LogP contribution in [0.2, 0.25) is 0 Å². The minimum Gasteiger partial charge on any atom is -0.496 e. The molecule has 14 heavy (non-hydrogen) atoms. The van der Waals surface area contributed by atoms with Gasteiger partial charge in [0, 0.05) is 18.0 Å². The summed E-state index contributed by atoms with van der Waals surface area (Å²) in [5.41, 5.74) is 5.85. The molecular weight excluding hydrogens is 188 g/mol. The Morgan fingerprint density at radius 3 is 2.71 bits per heavy atom. The van der Waals surface area contributed by atoms with Crippen molar-refractivity contribution in [3.8, 4) is 5.75 Å². The summed E-state index contributed by atoms with van der Waals surface area (Å²) in [6, 6.07) is 4.01. The minimum absolute atomic E-state index is 0.135. The highest BCUT2D eigenvalue weighted by Crippen LogP contribution is 2.27. The third-order valence-electron chi connectivity index (χ3n) is 2.10. The lowest BCUT2D eigenvalue weighted by atomic mass is 9.99. The Balaban J connectivity index is 3.08. The molecule has 1 aromatic rings. The normalized spacial score (nSPS) is 12.6. The van der Waals surface area contributed by atoms with Crippen molar-refractivity contribution in [2.75, 3.05) is 20.3 Å². The number of nitrogens with two attached hydrogens (primary N) is 1. The summed E-state index contributed by atoms with van der Waals surface area (Å²) in [6.45, 7) is -0.480. The highest BCUT2D eigenvalue weighted by molar-refractivity contribution is 5.37. The number of hydrogen-bond donors (Lipinski definition) is 1. The first kappa shape index (κ1) is 10.9. The molecule has 1 atom stereocenters. The van der Waals surface area contributed by atoms with Crippen LogP contribution in [0.5, 0.6) is 5.75 Å². The molecule has 0 aliphatic heterocycles. The van der Waals surface area contributed by atoms with E-state index in [1.165, 1.54) is 25.3 Å². The first-order chi connectivity index (χ1) is 6.72. The molecule has 0 heterocycles. The molecule has 0 saturated carbocycles. The summed E-state index contributed by atoms with van der Waals surface area (Å²) in [7, 11) is 1.46. The van der Waals surface area contributed by atoms with Gasteiger partial charge in [0.1, 0.15) is 11.6 Å². The Kier molecular flexibility index (Phi) is 3.83. The van der Waals surface area contributed by atoms with Gasteiger partial charge >= 0.3 is 0 Å². The van der Waals surface area contributed by atoms with Crippen LogP contribution in [0.1, 0.15) is 11.5 Å². The number of rotatable bonds is 4. The van der Waals surface area contributed by atoms with E-state index in [2.05, 4.69) is 0 Å².